The molecule has 2 rings (SSSR count). The average Bonchev–Trinajstić information content (AvgIpc) is 2.54. The van der Waals surface area contributed by atoms with E-state index in [2.05, 4.69) is 0 Å². The van der Waals surface area contributed by atoms with Gasteiger partial charge in [0.25, 0.3) is 0 Å². The Labute approximate surface area is 135 Å². The van der Waals surface area contributed by atoms with Gasteiger partial charge in [-0.3, -0.25) is 4.79 Å². The van der Waals surface area contributed by atoms with Crippen LogP contribution in [0.3, 0.4) is 0 Å². The summed E-state index contributed by atoms with van der Waals surface area (Å²) in [5.41, 5.74) is 1.91. The van der Waals surface area contributed by atoms with E-state index in [4.69, 9.17) is 16.3 Å². The van der Waals surface area contributed by atoms with E-state index in [1.807, 2.05) is 48.5 Å². The molecule has 2 aromatic rings. The van der Waals surface area contributed by atoms with Crippen LogP contribution in [0.25, 0.3) is 6.08 Å². The van der Waals surface area contributed by atoms with Gasteiger partial charge in [-0.15, -0.1) is 0 Å². The second-order valence-corrected chi connectivity index (χ2v) is 5.33. The van der Waals surface area contributed by atoms with E-state index in [1.165, 1.54) is 0 Å². The number of carbonyl (C=O) groups excluding carboxylic acids is 1. The molecule has 0 heterocycles. The maximum absolute atomic E-state index is 12.2. The van der Waals surface area contributed by atoms with Gasteiger partial charge in [-0.2, -0.15) is 0 Å². The number of methoxy groups -OCH3 is 1. The Morgan fingerprint density at radius 2 is 1.86 bits per heavy atom. The predicted octanol–water partition coefficient (Wildman–Crippen LogP) is 4.02. The average molecular weight is 316 g/mol. The van der Waals surface area contributed by atoms with Crippen LogP contribution in [0.4, 0.5) is 0 Å². The van der Waals surface area contributed by atoms with Gasteiger partial charge in [0.2, 0.25) is 5.91 Å². The van der Waals surface area contributed by atoms with Crippen molar-refractivity contribution in [1.29, 1.82) is 0 Å². The van der Waals surface area contributed by atoms with Crippen LogP contribution in [-0.2, 0) is 11.3 Å². The van der Waals surface area contributed by atoms with Crippen molar-refractivity contribution in [3.05, 3.63) is 70.8 Å². The summed E-state index contributed by atoms with van der Waals surface area (Å²) in [6, 6.07) is 15.0. The molecule has 0 aliphatic rings. The molecule has 3 nitrogen and oxygen atoms in total. The molecule has 4 heteroatoms. The number of amides is 1. The summed E-state index contributed by atoms with van der Waals surface area (Å²) in [5.74, 6) is 0.674. The van der Waals surface area contributed by atoms with Gasteiger partial charge in [0.1, 0.15) is 5.75 Å². The monoisotopic (exact) mass is 315 g/mol. The fourth-order valence-electron chi connectivity index (χ4n) is 2.03. The third-order valence-electron chi connectivity index (χ3n) is 3.25. The zero-order valence-electron chi connectivity index (χ0n) is 12.6. The Morgan fingerprint density at radius 3 is 2.55 bits per heavy atom. The fraction of sp³-hybridized carbons (Fsp3) is 0.167. The maximum Gasteiger partial charge on any atom is 0.246 e. The van der Waals surface area contributed by atoms with Crippen LogP contribution >= 0.6 is 11.6 Å². The first-order chi connectivity index (χ1) is 10.6. The molecule has 0 unspecified atom stereocenters. The summed E-state index contributed by atoms with van der Waals surface area (Å²) < 4.78 is 5.26. The standard InChI is InChI=1S/C18H18ClNO2/c1-20(13-14-7-10-16(19)11-8-14)18(21)12-9-15-5-3-4-6-17(15)22-2/h3-12H,13H2,1-2H3. The first-order valence-corrected chi connectivity index (χ1v) is 7.28. The topological polar surface area (TPSA) is 29.5 Å². The highest BCUT2D eigenvalue weighted by atomic mass is 35.5. The van der Waals surface area contributed by atoms with Gasteiger partial charge >= 0.3 is 0 Å². The van der Waals surface area contributed by atoms with Crippen molar-refractivity contribution < 1.29 is 9.53 Å². The lowest BCUT2D eigenvalue weighted by Crippen LogP contribution is -2.24. The number of hydrogen-bond donors (Lipinski definition) is 0. The number of benzene rings is 2. The second kappa shape index (κ2) is 7.66. The van der Waals surface area contributed by atoms with Gasteiger partial charge in [0, 0.05) is 30.3 Å². The predicted molar refractivity (Wildman–Crippen MR) is 90.0 cm³/mol. The molecule has 0 aliphatic heterocycles. The van der Waals surface area contributed by atoms with E-state index in [9.17, 15) is 4.79 Å². The van der Waals surface area contributed by atoms with Crippen molar-refractivity contribution in [2.75, 3.05) is 14.2 Å². The van der Waals surface area contributed by atoms with Crippen molar-refractivity contribution in [3.63, 3.8) is 0 Å². The summed E-state index contributed by atoms with van der Waals surface area (Å²) in [5, 5.41) is 0.689. The highest BCUT2D eigenvalue weighted by molar-refractivity contribution is 6.30. The molecule has 0 saturated heterocycles. The lowest BCUT2D eigenvalue weighted by Gasteiger charge is -2.15. The first-order valence-electron chi connectivity index (χ1n) is 6.91. The summed E-state index contributed by atoms with van der Waals surface area (Å²) in [4.78, 5) is 13.8. The van der Waals surface area contributed by atoms with Gasteiger partial charge < -0.3 is 9.64 Å². The highest BCUT2D eigenvalue weighted by Gasteiger charge is 2.06. The number of nitrogens with zero attached hydrogens (tertiary/aromatic N) is 1. The molecule has 114 valence electrons. The second-order valence-electron chi connectivity index (χ2n) is 4.90. The van der Waals surface area contributed by atoms with Gasteiger partial charge in [0.05, 0.1) is 7.11 Å². The van der Waals surface area contributed by atoms with Gasteiger partial charge in [-0.1, -0.05) is 41.9 Å². The van der Waals surface area contributed by atoms with E-state index < -0.39 is 0 Å². The number of halogens is 1. The molecule has 0 atom stereocenters. The largest absolute Gasteiger partial charge is 0.496 e. The number of ether oxygens (including phenoxy) is 1. The quantitative estimate of drug-likeness (QED) is 0.780. The van der Waals surface area contributed by atoms with Crippen molar-refractivity contribution in [2.45, 2.75) is 6.54 Å². The van der Waals surface area contributed by atoms with Crippen LogP contribution in [0.1, 0.15) is 11.1 Å². The lowest BCUT2D eigenvalue weighted by atomic mass is 10.2. The zero-order chi connectivity index (χ0) is 15.9. The van der Waals surface area contributed by atoms with Crippen molar-refractivity contribution in [2.24, 2.45) is 0 Å². The fourth-order valence-corrected chi connectivity index (χ4v) is 2.16. The van der Waals surface area contributed by atoms with Crippen LogP contribution in [0.2, 0.25) is 5.02 Å². The third-order valence-corrected chi connectivity index (χ3v) is 3.51. The van der Waals surface area contributed by atoms with Crippen molar-refractivity contribution >= 4 is 23.6 Å². The van der Waals surface area contributed by atoms with E-state index in [1.54, 1.807) is 31.2 Å². The Hall–Kier alpha value is -2.26. The number of likely N-dealkylation sites (N-methyl/N-ethyl adjacent to an activating group) is 1. The summed E-state index contributed by atoms with van der Waals surface area (Å²) in [6.45, 7) is 0.534. The minimum atomic E-state index is -0.0687. The molecule has 0 aliphatic carbocycles. The number of rotatable bonds is 5. The Bertz CT molecular complexity index is 665. The van der Waals surface area contributed by atoms with E-state index in [0.29, 0.717) is 11.6 Å². The molecule has 2 aromatic carbocycles. The molecule has 0 radical (unpaired) electrons. The molecular formula is C18H18ClNO2. The van der Waals surface area contributed by atoms with Gasteiger partial charge in [0.15, 0.2) is 0 Å². The van der Waals surface area contributed by atoms with Crippen LogP contribution < -0.4 is 4.74 Å². The normalized spacial score (nSPS) is 10.7. The SMILES string of the molecule is COc1ccccc1C=CC(=O)N(C)Cc1ccc(Cl)cc1. The lowest BCUT2D eigenvalue weighted by molar-refractivity contribution is -0.125. The van der Waals surface area contributed by atoms with E-state index in [-0.39, 0.29) is 5.91 Å². The Balaban J connectivity index is 2.01. The first kappa shape index (κ1) is 16.1. The molecule has 0 fully saturated rings. The van der Waals surface area contributed by atoms with Crippen LogP contribution in [0.5, 0.6) is 5.75 Å². The minimum Gasteiger partial charge on any atom is -0.496 e. The summed E-state index contributed by atoms with van der Waals surface area (Å²) in [7, 11) is 3.38. The minimum absolute atomic E-state index is 0.0687. The number of carbonyl (C=O) groups is 1. The summed E-state index contributed by atoms with van der Waals surface area (Å²) in [6.07, 6.45) is 3.31. The molecule has 0 aromatic heterocycles. The summed E-state index contributed by atoms with van der Waals surface area (Å²) >= 11 is 5.85. The zero-order valence-corrected chi connectivity index (χ0v) is 13.4. The molecule has 0 bridgehead atoms. The third kappa shape index (κ3) is 4.37. The smallest absolute Gasteiger partial charge is 0.246 e. The Kier molecular flexibility index (Phi) is 5.61. The molecule has 0 saturated carbocycles. The van der Waals surface area contributed by atoms with Crippen molar-refractivity contribution in [3.8, 4) is 5.75 Å². The number of para-hydroxylation sites is 1. The number of hydrogen-bond acceptors (Lipinski definition) is 2. The van der Waals surface area contributed by atoms with E-state index >= 15 is 0 Å². The maximum atomic E-state index is 12.2. The van der Waals surface area contributed by atoms with Gasteiger partial charge in [-0.25, -0.2) is 0 Å². The molecule has 0 N–H and O–H groups in total. The van der Waals surface area contributed by atoms with Crippen molar-refractivity contribution in [1.82, 2.24) is 4.90 Å². The molecule has 22 heavy (non-hydrogen) atoms. The molecule has 0 spiro atoms. The Morgan fingerprint density at radius 1 is 1.18 bits per heavy atom. The molecular weight excluding hydrogens is 298 g/mol. The van der Waals surface area contributed by atoms with E-state index in [0.717, 1.165) is 16.9 Å². The molecule has 1 amide bonds. The van der Waals surface area contributed by atoms with Gasteiger partial charge in [-0.05, 0) is 29.8 Å². The van der Waals surface area contributed by atoms with Crippen LogP contribution in [0.15, 0.2) is 54.6 Å². The van der Waals surface area contributed by atoms with Crippen LogP contribution in [0, 0.1) is 0 Å². The van der Waals surface area contributed by atoms with Crippen LogP contribution in [-0.4, -0.2) is 25.0 Å². The highest BCUT2D eigenvalue weighted by Crippen LogP contribution is 2.18.